The Labute approximate surface area is 200 Å². The lowest BCUT2D eigenvalue weighted by atomic mass is 10.1. The largest absolute Gasteiger partial charge is 0.635 e. The van der Waals surface area contributed by atoms with Gasteiger partial charge < -0.3 is 30.7 Å². The molecule has 1 rings (SSSR count). The fourth-order valence-corrected chi connectivity index (χ4v) is 3.15. The van der Waals surface area contributed by atoms with Crippen LogP contribution in [0.25, 0.3) is 0 Å². The monoisotopic (exact) mass is 472 g/mol. The van der Waals surface area contributed by atoms with Crippen molar-refractivity contribution < 1.29 is 29.1 Å². The Balaban J connectivity index is 2.64. The molecule has 0 aromatic heterocycles. The van der Waals surface area contributed by atoms with Crippen LogP contribution in [0.1, 0.15) is 45.6 Å². The van der Waals surface area contributed by atoms with E-state index in [1.807, 2.05) is 26.0 Å². The molecule has 0 aliphatic carbocycles. The van der Waals surface area contributed by atoms with Gasteiger partial charge in [-0.05, 0) is 30.7 Å². The zero-order chi connectivity index (χ0) is 25.5. The topological polar surface area (TPSA) is 161 Å². The fourth-order valence-electron chi connectivity index (χ4n) is 3.15. The van der Waals surface area contributed by atoms with Crippen molar-refractivity contribution >= 4 is 25.0 Å². The van der Waals surface area contributed by atoms with Crippen LogP contribution in [0.15, 0.2) is 42.0 Å². The van der Waals surface area contributed by atoms with Gasteiger partial charge in [-0.25, -0.2) is 0 Å². The Morgan fingerprint density at radius 3 is 2.38 bits per heavy atom. The Kier molecular flexibility index (Phi) is 13.2. The maximum Gasteiger partial charge on any atom is 0.635 e. The minimum Gasteiger partial charge on any atom is -0.402 e. The highest BCUT2D eigenvalue weighted by Crippen LogP contribution is 2.08. The molecule has 11 heteroatoms. The van der Waals surface area contributed by atoms with Crippen molar-refractivity contribution in [2.75, 3.05) is 6.54 Å². The van der Waals surface area contributed by atoms with Gasteiger partial charge in [-0.2, -0.15) is 5.26 Å². The molecule has 0 spiro atoms. The molecule has 34 heavy (non-hydrogen) atoms. The average molecular weight is 472 g/mol. The molecule has 0 bridgehead atoms. The summed E-state index contributed by atoms with van der Waals surface area (Å²) in [5, 5.41) is 35.3. The van der Waals surface area contributed by atoms with Gasteiger partial charge in [0.2, 0.25) is 11.8 Å². The lowest BCUT2D eigenvalue weighted by molar-refractivity contribution is -0.130. The molecular formula is C23H33BN4O6. The smallest absolute Gasteiger partial charge is 0.402 e. The summed E-state index contributed by atoms with van der Waals surface area (Å²) in [5.41, 5.74) is 0.865. The number of benzene rings is 1. The first-order chi connectivity index (χ1) is 16.1. The maximum absolute atomic E-state index is 12.8. The molecular weight excluding hydrogens is 439 g/mol. The van der Waals surface area contributed by atoms with Crippen LogP contribution in [0.3, 0.4) is 0 Å². The van der Waals surface area contributed by atoms with E-state index in [0.717, 1.165) is 5.56 Å². The summed E-state index contributed by atoms with van der Waals surface area (Å²) in [7, 11) is -2.08. The number of unbranched alkanes of at least 4 members (excludes halogenated alkanes) is 1. The first-order valence-corrected chi connectivity index (χ1v) is 11.2. The third-order valence-corrected chi connectivity index (χ3v) is 4.62. The second-order valence-corrected chi connectivity index (χ2v) is 8.09. The SMILES string of the molecule is CC(=O)N[C@@H](CCCCNC(=O)C(C#N)=CC(C)C)C(=O)N[C@@H](Cc1ccccc1)OB(O)O. The van der Waals surface area contributed by atoms with E-state index >= 15 is 0 Å². The molecule has 3 amide bonds. The number of amides is 3. The molecule has 0 fully saturated rings. The summed E-state index contributed by atoms with van der Waals surface area (Å²) in [6, 6.07) is 10.1. The van der Waals surface area contributed by atoms with Crippen LogP contribution in [0, 0.1) is 17.2 Å². The Bertz CT molecular complexity index is 870. The van der Waals surface area contributed by atoms with Gasteiger partial charge in [0.15, 0.2) is 0 Å². The summed E-state index contributed by atoms with van der Waals surface area (Å²) >= 11 is 0. The molecule has 2 atom stereocenters. The number of carbonyl (C=O) groups is 3. The van der Waals surface area contributed by atoms with Gasteiger partial charge >= 0.3 is 7.32 Å². The summed E-state index contributed by atoms with van der Waals surface area (Å²) in [6.07, 6.45) is 2.06. The third kappa shape index (κ3) is 12.2. The molecule has 0 unspecified atom stereocenters. The van der Waals surface area contributed by atoms with E-state index in [9.17, 15) is 24.4 Å². The van der Waals surface area contributed by atoms with E-state index in [2.05, 4.69) is 16.0 Å². The van der Waals surface area contributed by atoms with Gasteiger partial charge in [-0.1, -0.05) is 50.3 Å². The van der Waals surface area contributed by atoms with Crippen LogP contribution in [0.4, 0.5) is 0 Å². The van der Waals surface area contributed by atoms with Crippen molar-refractivity contribution in [1.29, 1.82) is 5.26 Å². The fraction of sp³-hybridized carbons (Fsp3) is 0.478. The Morgan fingerprint density at radius 2 is 1.82 bits per heavy atom. The van der Waals surface area contributed by atoms with Gasteiger partial charge in [0.05, 0.1) is 0 Å². The number of carbonyl (C=O) groups excluding carboxylic acids is 3. The molecule has 10 nitrogen and oxygen atoms in total. The van der Waals surface area contributed by atoms with Crippen molar-refractivity contribution in [2.45, 2.75) is 58.7 Å². The van der Waals surface area contributed by atoms with Crippen molar-refractivity contribution in [1.82, 2.24) is 16.0 Å². The predicted molar refractivity (Wildman–Crippen MR) is 126 cm³/mol. The lowest BCUT2D eigenvalue weighted by Gasteiger charge is -2.23. The zero-order valence-corrected chi connectivity index (χ0v) is 19.8. The van der Waals surface area contributed by atoms with Crippen LogP contribution < -0.4 is 16.0 Å². The highest BCUT2D eigenvalue weighted by Gasteiger charge is 2.25. The standard InChI is InChI=1S/C23H33BN4O6/c1-16(2)13-19(15-25)22(30)26-12-8-7-11-20(27-17(3)29)23(31)28-21(34-24(32)33)14-18-9-5-4-6-10-18/h4-6,9-10,13,16,20-21,32-33H,7-8,11-12,14H2,1-3H3,(H,26,30)(H,27,29)(H,28,31)/t20-,21+/m0/s1. The average Bonchev–Trinajstić information content (AvgIpc) is 2.76. The molecule has 0 radical (unpaired) electrons. The van der Waals surface area contributed by atoms with E-state index in [1.165, 1.54) is 6.92 Å². The number of hydrogen-bond acceptors (Lipinski definition) is 7. The highest BCUT2D eigenvalue weighted by atomic mass is 16.6. The van der Waals surface area contributed by atoms with E-state index in [1.54, 1.807) is 30.3 Å². The molecule has 0 heterocycles. The van der Waals surface area contributed by atoms with Gasteiger partial charge in [0.1, 0.15) is 23.9 Å². The molecule has 1 aromatic rings. The van der Waals surface area contributed by atoms with Crippen LogP contribution in [-0.2, 0) is 25.5 Å². The summed E-state index contributed by atoms with van der Waals surface area (Å²) in [4.78, 5) is 36.4. The minimum atomic E-state index is -2.08. The molecule has 0 saturated carbocycles. The van der Waals surface area contributed by atoms with Gasteiger partial charge in [-0.15, -0.1) is 0 Å². The highest BCUT2D eigenvalue weighted by molar-refractivity contribution is 6.32. The third-order valence-electron chi connectivity index (χ3n) is 4.62. The van der Waals surface area contributed by atoms with Crippen molar-refractivity contribution in [3.8, 4) is 6.07 Å². The minimum absolute atomic E-state index is 0.0565. The van der Waals surface area contributed by atoms with Crippen LogP contribution in [-0.4, -0.2) is 53.9 Å². The number of nitrogens with one attached hydrogen (secondary N) is 3. The first-order valence-electron chi connectivity index (χ1n) is 11.2. The summed E-state index contributed by atoms with van der Waals surface area (Å²) < 4.78 is 5.00. The van der Waals surface area contributed by atoms with E-state index < -0.39 is 37.3 Å². The van der Waals surface area contributed by atoms with Crippen molar-refractivity contribution in [2.24, 2.45) is 5.92 Å². The molecule has 5 N–H and O–H groups in total. The Hall–Kier alpha value is -3.20. The first kappa shape index (κ1) is 28.8. The second-order valence-electron chi connectivity index (χ2n) is 8.09. The number of allylic oxidation sites excluding steroid dienone is 1. The molecule has 0 aliphatic rings. The van der Waals surface area contributed by atoms with Crippen LogP contribution in [0.5, 0.6) is 0 Å². The summed E-state index contributed by atoms with van der Waals surface area (Å²) in [5.74, 6) is -1.31. The van der Waals surface area contributed by atoms with Gasteiger partial charge in [0.25, 0.3) is 5.91 Å². The Morgan fingerprint density at radius 1 is 1.15 bits per heavy atom. The van der Waals surface area contributed by atoms with Gasteiger partial charge in [-0.3, -0.25) is 14.4 Å². The normalized spacial score (nSPS) is 12.9. The molecule has 0 saturated heterocycles. The summed E-state index contributed by atoms with van der Waals surface area (Å²) in [6.45, 7) is 5.34. The zero-order valence-electron chi connectivity index (χ0n) is 19.8. The van der Waals surface area contributed by atoms with E-state index in [4.69, 9.17) is 9.92 Å². The molecule has 0 aliphatic heterocycles. The molecule has 1 aromatic carbocycles. The second kappa shape index (κ2) is 15.6. The van der Waals surface area contributed by atoms with E-state index in [-0.39, 0.29) is 24.3 Å². The quantitative estimate of drug-likeness (QED) is 0.0869. The maximum atomic E-state index is 12.8. The molecule has 184 valence electrons. The number of nitrogens with zero attached hydrogens (tertiary/aromatic N) is 1. The van der Waals surface area contributed by atoms with E-state index in [0.29, 0.717) is 19.4 Å². The number of nitriles is 1. The number of hydrogen-bond donors (Lipinski definition) is 5. The van der Waals surface area contributed by atoms with Crippen molar-refractivity contribution in [3.63, 3.8) is 0 Å². The van der Waals surface area contributed by atoms with Crippen LogP contribution in [0.2, 0.25) is 0 Å². The van der Waals surface area contributed by atoms with Crippen molar-refractivity contribution in [3.05, 3.63) is 47.5 Å². The number of rotatable bonds is 14. The lowest BCUT2D eigenvalue weighted by Crippen LogP contribution is -2.51. The van der Waals surface area contributed by atoms with Crippen LogP contribution >= 0.6 is 0 Å². The predicted octanol–water partition coefficient (Wildman–Crippen LogP) is 0.555. The van der Waals surface area contributed by atoms with Gasteiger partial charge in [0, 0.05) is 19.9 Å².